The average molecular weight is 474 g/mol. The molecule has 2 aliphatic rings. The molecule has 12 heteroatoms. The van der Waals surface area contributed by atoms with Crippen molar-refractivity contribution in [3.8, 4) is 17.3 Å². The summed E-state index contributed by atoms with van der Waals surface area (Å²) in [6, 6.07) is 4.78. The first-order valence-corrected chi connectivity index (χ1v) is 10.7. The number of ether oxygens (including phenoxy) is 2. The molecule has 0 spiro atoms. The molecule has 0 radical (unpaired) electrons. The molecule has 2 fully saturated rings. The lowest BCUT2D eigenvalue weighted by Gasteiger charge is -2.38. The number of hydrogen-bond donors (Lipinski definition) is 0. The summed E-state index contributed by atoms with van der Waals surface area (Å²) in [4.78, 5) is 24.0. The molecule has 1 saturated heterocycles. The SMILES string of the molecule is COc1ccc(C(=O)N2C(C)C3CC(Oc4cnc(C(F)(F)F)cn4)C2C3)c(-n2nccn2)c1. The zero-order valence-electron chi connectivity index (χ0n) is 18.3. The average Bonchev–Trinajstić information content (AvgIpc) is 3.55. The third-order valence-corrected chi connectivity index (χ3v) is 6.48. The Balaban J connectivity index is 1.40. The van der Waals surface area contributed by atoms with Gasteiger partial charge < -0.3 is 14.4 Å². The number of carbonyl (C=O) groups excluding carboxylic acids is 1. The van der Waals surface area contributed by atoms with Gasteiger partial charge in [0.05, 0.1) is 43.5 Å². The molecule has 34 heavy (non-hydrogen) atoms. The van der Waals surface area contributed by atoms with E-state index in [1.807, 2.05) is 6.92 Å². The van der Waals surface area contributed by atoms with Gasteiger partial charge in [0.1, 0.15) is 17.5 Å². The minimum absolute atomic E-state index is 0.00326. The van der Waals surface area contributed by atoms with Gasteiger partial charge in [0.25, 0.3) is 5.91 Å². The molecule has 1 aliphatic heterocycles. The van der Waals surface area contributed by atoms with Crippen molar-refractivity contribution in [1.82, 2.24) is 29.9 Å². The monoisotopic (exact) mass is 474 g/mol. The van der Waals surface area contributed by atoms with Crippen molar-refractivity contribution in [3.63, 3.8) is 0 Å². The predicted octanol–water partition coefficient (Wildman–Crippen LogP) is 3.16. The zero-order chi connectivity index (χ0) is 24.0. The van der Waals surface area contributed by atoms with Crippen molar-refractivity contribution in [2.75, 3.05) is 7.11 Å². The number of alkyl halides is 3. The van der Waals surface area contributed by atoms with E-state index in [2.05, 4.69) is 20.2 Å². The van der Waals surface area contributed by atoms with E-state index in [0.29, 0.717) is 29.6 Å². The molecule has 2 aromatic heterocycles. The maximum Gasteiger partial charge on any atom is 0.434 e. The molecule has 9 nitrogen and oxygen atoms in total. The number of fused-ring (bicyclic) bond motifs is 2. The van der Waals surface area contributed by atoms with Crippen molar-refractivity contribution in [2.24, 2.45) is 5.92 Å². The highest BCUT2D eigenvalue weighted by Gasteiger charge is 2.53. The fourth-order valence-electron chi connectivity index (χ4n) is 4.83. The van der Waals surface area contributed by atoms with Crippen LogP contribution in [0.4, 0.5) is 13.2 Å². The molecule has 1 amide bonds. The first kappa shape index (κ1) is 22.1. The normalized spacial score (nSPS) is 23.9. The fourth-order valence-corrected chi connectivity index (χ4v) is 4.83. The Morgan fingerprint density at radius 1 is 1.12 bits per heavy atom. The second-order valence-electron chi connectivity index (χ2n) is 8.35. The molecule has 1 saturated carbocycles. The van der Waals surface area contributed by atoms with Crippen molar-refractivity contribution in [3.05, 3.63) is 54.2 Å². The molecule has 3 heterocycles. The van der Waals surface area contributed by atoms with Crippen LogP contribution in [0, 0.1) is 5.92 Å². The number of benzene rings is 1. The Morgan fingerprint density at radius 2 is 1.88 bits per heavy atom. The Kier molecular flexibility index (Phi) is 5.37. The summed E-state index contributed by atoms with van der Waals surface area (Å²) >= 11 is 0. The summed E-state index contributed by atoms with van der Waals surface area (Å²) < 4.78 is 49.5. The molecular weight excluding hydrogens is 453 g/mol. The lowest BCUT2D eigenvalue weighted by molar-refractivity contribution is -0.141. The van der Waals surface area contributed by atoms with E-state index < -0.39 is 18.0 Å². The first-order chi connectivity index (χ1) is 16.3. The van der Waals surface area contributed by atoms with Gasteiger partial charge in [-0.1, -0.05) is 0 Å². The topological polar surface area (TPSA) is 95.3 Å². The number of rotatable bonds is 5. The van der Waals surface area contributed by atoms with Crippen LogP contribution in [0.1, 0.15) is 35.8 Å². The minimum Gasteiger partial charge on any atom is -0.497 e. The summed E-state index contributed by atoms with van der Waals surface area (Å²) in [7, 11) is 1.53. The third kappa shape index (κ3) is 3.82. The Morgan fingerprint density at radius 3 is 2.50 bits per heavy atom. The fraction of sp³-hybridized carbons (Fsp3) is 0.409. The van der Waals surface area contributed by atoms with Gasteiger partial charge in [0.2, 0.25) is 5.88 Å². The van der Waals surface area contributed by atoms with Gasteiger partial charge in [-0.05, 0) is 37.8 Å². The van der Waals surface area contributed by atoms with Gasteiger partial charge in [-0.2, -0.15) is 28.2 Å². The van der Waals surface area contributed by atoms with Crippen molar-refractivity contribution in [1.29, 1.82) is 0 Å². The molecule has 2 bridgehead atoms. The van der Waals surface area contributed by atoms with Crippen LogP contribution in [-0.2, 0) is 6.18 Å². The van der Waals surface area contributed by atoms with E-state index in [9.17, 15) is 18.0 Å². The molecule has 1 aliphatic carbocycles. The van der Waals surface area contributed by atoms with E-state index >= 15 is 0 Å². The number of piperidine rings is 1. The van der Waals surface area contributed by atoms with E-state index in [1.165, 1.54) is 24.3 Å². The van der Waals surface area contributed by atoms with Crippen LogP contribution in [0.15, 0.2) is 43.0 Å². The number of hydrogen-bond acceptors (Lipinski definition) is 7. The molecule has 4 unspecified atom stereocenters. The predicted molar refractivity (Wildman–Crippen MR) is 112 cm³/mol. The summed E-state index contributed by atoms with van der Waals surface area (Å²) in [5.74, 6) is 0.547. The summed E-state index contributed by atoms with van der Waals surface area (Å²) in [6.07, 6.45) is 1.08. The number of likely N-dealkylation sites (tertiary alicyclic amines) is 1. The smallest absolute Gasteiger partial charge is 0.434 e. The number of amides is 1. The highest BCUT2D eigenvalue weighted by molar-refractivity contribution is 5.98. The van der Waals surface area contributed by atoms with Crippen LogP contribution in [-0.4, -0.2) is 61.1 Å². The summed E-state index contributed by atoms with van der Waals surface area (Å²) in [5, 5.41) is 8.31. The van der Waals surface area contributed by atoms with Crippen LogP contribution in [0.5, 0.6) is 11.6 Å². The van der Waals surface area contributed by atoms with E-state index in [1.54, 1.807) is 23.1 Å². The molecular formula is C22H21F3N6O3. The van der Waals surface area contributed by atoms with Crippen molar-refractivity contribution >= 4 is 5.91 Å². The highest BCUT2D eigenvalue weighted by atomic mass is 19.4. The van der Waals surface area contributed by atoms with Gasteiger partial charge in [-0.25, -0.2) is 9.97 Å². The number of nitrogens with zero attached hydrogens (tertiary/aromatic N) is 6. The largest absolute Gasteiger partial charge is 0.497 e. The van der Waals surface area contributed by atoms with Gasteiger partial charge in [-0.15, -0.1) is 0 Å². The van der Waals surface area contributed by atoms with Crippen LogP contribution in [0.25, 0.3) is 5.69 Å². The van der Waals surface area contributed by atoms with E-state index in [0.717, 1.165) is 12.6 Å². The number of halogens is 3. The molecule has 3 aromatic rings. The molecule has 4 atom stereocenters. The molecule has 1 aromatic carbocycles. The van der Waals surface area contributed by atoms with Crippen LogP contribution in [0.3, 0.4) is 0 Å². The summed E-state index contributed by atoms with van der Waals surface area (Å²) in [5.41, 5.74) is -0.197. The van der Waals surface area contributed by atoms with Crippen LogP contribution < -0.4 is 9.47 Å². The van der Waals surface area contributed by atoms with Crippen molar-refractivity contribution < 1.29 is 27.4 Å². The van der Waals surface area contributed by atoms with Crippen molar-refractivity contribution in [2.45, 2.75) is 44.1 Å². The maximum atomic E-state index is 13.7. The second kappa shape index (κ2) is 8.26. The Bertz CT molecular complexity index is 1190. The number of aromatic nitrogens is 5. The first-order valence-electron chi connectivity index (χ1n) is 10.7. The molecule has 0 N–H and O–H groups in total. The van der Waals surface area contributed by atoms with E-state index in [-0.39, 0.29) is 29.8 Å². The maximum absolute atomic E-state index is 13.7. The minimum atomic E-state index is -4.57. The quantitative estimate of drug-likeness (QED) is 0.561. The lowest BCUT2D eigenvalue weighted by atomic mass is 9.98. The highest BCUT2D eigenvalue weighted by Crippen LogP contribution is 2.45. The van der Waals surface area contributed by atoms with Gasteiger partial charge >= 0.3 is 6.18 Å². The van der Waals surface area contributed by atoms with Gasteiger partial charge in [0, 0.05) is 12.1 Å². The van der Waals surface area contributed by atoms with Gasteiger partial charge in [-0.3, -0.25) is 4.79 Å². The second-order valence-corrected chi connectivity index (χ2v) is 8.35. The Hall–Kier alpha value is -3.70. The molecule has 178 valence electrons. The third-order valence-electron chi connectivity index (χ3n) is 6.48. The summed E-state index contributed by atoms with van der Waals surface area (Å²) in [6.45, 7) is 1.99. The number of methoxy groups -OCH3 is 1. The standard InChI is InChI=1S/C22H21F3N6O3/c1-12-13-7-17(18(8-13)34-20-11-26-19(10-27-20)22(23,24)25)30(12)21(32)15-4-3-14(33-2)9-16(15)31-28-5-6-29-31/h3-6,9-13,17-18H,7-8H2,1-2H3. The zero-order valence-corrected chi connectivity index (χ0v) is 18.3. The number of carbonyl (C=O) groups is 1. The van der Waals surface area contributed by atoms with E-state index in [4.69, 9.17) is 9.47 Å². The van der Waals surface area contributed by atoms with Crippen LogP contribution >= 0.6 is 0 Å². The van der Waals surface area contributed by atoms with Crippen LogP contribution in [0.2, 0.25) is 0 Å². The Labute approximate surface area is 192 Å². The van der Waals surface area contributed by atoms with Gasteiger partial charge in [0.15, 0.2) is 5.69 Å². The lowest BCUT2D eigenvalue weighted by Crippen LogP contribution is -2.51. The molecule has 5 rings (SSSR count).